The molecule has 0 radical (unpaired) electrons. The maximum atomic E-state index is 12.2. The molecule has 1 unspecified atom stereocenters. The van der Waals surface area contributed by atoms with Gasteiger partial charge in [0.25, 0.3) is 0 Å². The predicted octanol–water partition coefficient (Wildman–Crippen LogP) is 2.00. The van der Waals surface area contributed by atoms with Crippen LogP contribution in [-0.2, 0) is 9.59 Å². The number of benzene rings is 1. The Bertz CT molecular complexity index is 674. The Kier molecular flexibility index (Phi) is 6.87. The molecule has 1 aromatic carbocycles. The Morgan fingerprint density at radius 1 is 1.30 bits per heavy atom. The highest BCUT2D eigenvalue weighted by Gasteiger charge is 2.22. The molecular formula is C21H30N4O2. The van der Waals surface area contributed by atoms with Crippen molar-refractivity contribution in [3.63, 3.8) is 0 Å². The number of nitrogens with one attached hydrogen (secondary N) is 2. The molecule has 0 aliphatic carbocycles. The summed E-state index contributed by atoms with van der Waals surface area (Å²) in [6.07, 6.45) is 5.70. The van der Waals surface area contributed by atoms with Gasteiger partial charge in [0, 0.05) is 19.5 Å². The molecule has 27 heavy (non-hydrogen) atoms. The van der Waals surface area contributed by atoms with Crippen molar-refractivity contribution in [3.05, 3.63) is 42.0 Å². The zero-order valence-corrected chi connectivity index (χ0v) is 16.1. The number of carbonyl (C=O) groups is 2. The smallest absolute Gasteiger partial charge is 0.245 e. The van der Waals surface area contributed by atoms with Gasteiger partial charge < -0.3 is 10.2 Å². The van der Waals surface area contributed by atoms with Gasteiger partial charge in [0.15, 0.2) is 0 Å². The Balaban J connectivity index is 1.39. The first-order chi connectivity index (χ1) is 13.1. The zero-order valence-electron chi connectivity index (χ0n) is 16.1. The van der Waals surface area contributed by atoms with E-state index in [1.54, 1.807) is 0 Å². The monoisotopic (exact) mass is 370 g/mol. The molecule has 146 valence electrons. The molecule has 2 amide bonds. The molecule has 2 heterocycles. The van der Waals surface area contributed by atoms with E-state index in [1.807, 2.05) is 36.4 Å². The van der Waals surface area contributed by atoms with Crippen LogP contribution in [0.15, 0.2) is 36.4 Å². The first-order valence-corrected chi connectivity index (χ1v) is 9.93. The van der Waals surface area contributed by atoms with Gasteiger partial charge in [-0.05, 0) is 49.9 Å². The van der Waals surface area contributed by atoms with Gasteiger partial charge in [-0.3, -0.25) is 15.0 Å². The summed E-state index contributed by atoms with van der Waals surface area (Å²) in [5, 5.41) is 4.34. The van der Waals surface area contributed by atoms with Crippen molar-refractivity contribution < 1.29 is 9.59 Å². The van der Waals surface area contributed by atoms with Crippen molar-refractivity contribution in [1.82, 2.24) is 20.7 Å². The molecule has 1 saturated heterocycles. The van der Waals surface area contributed by atoms with Crippen LogP contribution >= 0.6 is 0 Å². The zero-order chi connectivity index (χ0) is 19.1. The van der Waals surface area contributed by atoms with Crippen molar-refractivity contribution in [2.24, 2.45) is 5.92 Å². The quantitative estimate of drug-likeness (QED) is 0.721. The molecule has 0 saturated carbocycles. The Morgan fingerprint density at radius 3 is 2.89 bits per heavy atom. The van der Waals surface area contributed by atoms with Crippen LogP contribution in [0, 0.1) is 5.92 Å². The topological polar surface area (TPSA) is 64.7 Å². The summed E-state index contributed by atoms with van der Waals surface area (Å²) in [6, 6.07) is 9.82. The lowest BCUT2D eigenvalue weighted by Gasteiger charge is -2.31. The lowest BCUT2D eigenvalue weighted by Crippen LogP contribution is -2.49. The second kappa shape index (κ2) is 9.55. The van der Waals surface area contributed by atoms with Crippen LogP contribution in [0.2, 0.25) is 0 Å². The average molecular weight is 370 g/mol. The number of rotatable bonds is 7. The normalized spacial score (nSPS) is 20.8. The third kappa shape index (κ3) is 5.82. The molecule has 1 atom stereocenters. The van der Waals surface area contributed by atoms with Crippen molar-refractivity contribution in [1.29, 1.82) is 0 Å². The van der Waals surface area contributed by atoms with Gasteiger partial charge in [-0.25, -0.2) is 5.01 Å². The highest BCUT2D eigenvalue weighted by molar-refractivity contribution is 5.88. The van der Waals surface area contributed by atoms with Crippen LogP contribution in [0.4, 0.5) is 0 Å². The largest absolute Gasteiger partial charge is 0.354 e. The minimum atomic E-state index is -0.128. The van der Waals surface area contributed by atoms with E-state index in [4.69, 9.17) is 0 Å². The van der Waals surface area contributed by atoms with Gasteiger partial charge in [0.1, 0.15) is 6.54 Å². The summed E-state index contributed by atoms with van der Waals surface area (Å²) in [5.74, 6) is 0.556. The van der Waals surface area contributed by atoms with Gasteiger partial charge in [-0.15, -0.1) is 0 Å². The van der Waals surface area contributed by atoms with Crippen LogP contribution in [0.5, 0.6) is 0 Å². The van der Waals surface area contributed by atoms with E-state index in [2.05, 4.69) is 22.6 Å². The molecule has 1 fully saturated rings. The molecule has 2 aliphatic rings. The lowest BCUT2D eigenvalue weighted by atomic mass is 10.0. The van der Waals surface area contributed by atoms with E-state index in [-0.39, 0.29) is 18.4 Å². The van der Waals surface area contributed by atoms with Crippen molar-refractivity contribution in [2.45, 2.75) is 32.6 Å². The molecular weight excluding hydrogens is 340 g/mol. The van der Waals surface area contributed by atoms with E-state index >= 15 is 0 Å². The Morgan fingerprint density at radius 2 is 2.11 bits per heavy atom. The summed E-state index contributed by atoms with van der Waals surface area (Å²) in [5.41, 5.74) is 4.94. The number of carbonyl (C=O) groups excluding carboxylic acids is 2. The van der Waals surface area contributed by atoms with Gasteiger partial charge in [-0.2, -0.15) is 0 Å². The summed E-state index contributed by atoms with van der Waals surface area (Å²) in [6.45, 7) is 6.33. The number of piperidine rings is 1. The number of hydrogen-bond acceptors (Lipinski definition) is 4. The minimum absolute atomic E-state index is 0.0315. The van der Waals surface area contributed by atoms with Crippen molar-refractivity contribution in [3.8, 4) is 0 Å². The summed E-state index contributed by atoms with van der Waals surface area (Å²) < 4.78 is 0. The van der Waals surface area contributed by atoms with Gasteiger partial charge in [0.05, 0.1) is 5.70 Å². The van der Waals surface area contributed by atoms with Crippen molar-refractivity contribution in [2.75, 3.05) is 32.7 Å². The highest BCUT2D eigenvalue weighted by atomic mass is 16.2. The predicted molar refractivity (Wildman–Crippen MR) is 106 cm³/mol. The third-order valence-corrected chi connectivity index (χ3v) is 5.14. The Labute approximate surface area is 161 Å². The number of likely N-dealkylation sites (tertiary alicyclic amines) is 1. The van der Waals surface area contributed by atoms with Gasteiger partial charge in [-0.1, -0.05) is 37.3 Å². The van der Waals surface area contributed by atoms with Crippen LogP contribution in [0.25, 0.3) is 5.70 Å². The lowest BCUT2D eigenvalue weighted by molar-refractivity contribution is -0.137. The SMILES string of the molecule is CC1CCCN(CCCNC(=O)CN2NC(c3ccccc3)=CCC2=O)C1. The van der Waals surface area contributed by atoms with Crippen LogP contribution < -0.4 is 10.7 Å². The third-order valence-electron chi connectivity index (χ3n) is 5.14. The standard InChI is InChI=1S/C21H30N4O2/c1-17-7-5-13-24(15-17)14-6-12-22-20(26)16-25-21(27)11-10-19(23-25)18-8-3-2-4-9-18/h2-4,8-10,17,23H,5-7,11-16H2,1H3,(H,22,26). The van der Waals surface area contributed by atoms with E-state index in [0.29, 0.717) is 13.0 Å². The second-order valence-corrected chi connectivity index (χ2v) is 7.53. The summed E-state index contributed by atoms with van der Waals surface area (Å²) in [7, 11) is 0. The maximum Gasteiger partial charge on any atom is 0.245 e. The average Bonchev–Trinajstić information content (AvgIpc) is 2.68. The molecule has 3 rings (SSSR count). The van der Waals surface area contributed by atoms with Crippen molar-refractivity contribution >= 4 is 17.5 Å². The minimum Gasteiger partial charge on any atom is -0.354 e. The fourth-order valence-corrected chi connectivity index (χ4v) is 3.70. The maximum absolute atomic E-state index is 12.2. The van der Waals surface area contributed by atoms with E-state index in [0.717, 1.165) is 36.7 Å². The number of amides is 2. The van der Waals surface area contributed by atoms with Gasteiger partial charge >= 0.3 is 0 Å². The second-order valence-electron chi connectivity index (χ2n) is 7.53. The number of hydrogen-bond donors (Lipinski definition) is 2. The fraction of sp³-hybridized carbons (Fsp3) is 0.524. The highest BCUT2D eigenvalue weighted by Crippen LogP contribution is 2.17. The molecule has 6 nitrogen and oxygen atoms in total. The summed E-state index contributed by atoms with van der Waals surface area (Å²) >= 11 is 0. The van der Waals surface area contributed by atoms with E-state index < -0.39 is 0 Å². The number of hydrazine groups is 1. The molecule has 2 aliphatic heterocycles. The summed E-state index contributed by atoms with van der Waals surface area (Å²) in [4.78, 5) is 26.8. The molecule has 1 aromatic rings. The number of nitrogens with zero attached hydrogens (tertiary/aromatic N) is 2. The van der Waals surface area contributed by atoms with E-state index in [1.165, 1.54) is 24.4 Å². The Hall–Kier alpha value is -2.34. The molecule has 0 aromatic heterocycles. The van der Waals surface area contributed by atoms with E-state index in [9.17, 15) is 9.59 Å². The van der Waals surface area contributed by atoms with Crippen LogP contribution in [0.1, 0.15) is 38.2 Å². The molecule has 0 bridgehead atoms. The van der Waals surface area contributed by atoms with Gasteiger partial charge in [0.2, 0.25) is 11.8 Å². The first-order valence-electron chi connectivity index (χ1n) is 9.93. The molecule has 6 heteroatoms. The van der Waals surface area contributed by atoms with Crippen LogP contribution in [0.3, 0.4) is 0 Å². The fourth-order valence-electron chi connectivity index (χ4n) is 3.70. The molecule has 0 spiro atoms. The van der Waals surface area contributed by atoms with Crippen LogP contribution in [-0.4, -0.2) is 54.4 Å². The first kappa shape index (κ1) is 19.4. The molecule has 2 N–H and O–H groups in total.